The predicted molar refractivity (Wildman–Crippen MR) is 127 cm³/mol. The molecule has 1 saturated heterocycles. The van der Waals surface area contributed by atoms with Crippen LogP contribution in [0.3, 0.4) is 0 Å². The topological polar surface area (TPSA) is 54.7 Å². The molecule has 3 aromatic rings. The average Bonchev–Trinajstić information content (AvgIpc) is 3.55. The van der Waals surface area contributed by atoms with E-state index in [4.69, 9.17) is 0 Å². The van der Waals surface area contributed by atoms with Crippen LogP contribution < -0.4 is 0 Å². The average molecular weight is 436 g/mol. The monoisotopic (exact) mass is 435 g/mol. The third-order valence-electron chi connectivity index (χ3n) is 8.43. The Morgan fingerprint density at radius 1 is 0.909 bits per heavy atom. The Bertz CT molecular complexity index is 1370. The molecule has 3 fully saturated rings. The summed E-state index contributed by atoms with van der Waals surface area (Å²) >= 11 is 0. The van der Waals surface area contributed by atoms with Gasteiger partial charge in [-0.15, -0.1) is 0 Å². The van der Waals surface area contributed by atoms with Crippen LogP contribution >= 0.6 is 0 Å². The van der Waals surface area contributed by atoms with E-state index < -0.39 is 0 Å². The van der Waals surface area contributed by atoms with Crippen molar-refractivity contribution in [2.45, 2.75) is 20.3 Å². The Hall–Kier alpha value is -3.47. The number of aryl methyl sites for hydroxylation is 1. The number of amides is 2. The summed E-state index contributed by atoms with van der Waals surface area (Å²) in [4.78, 5) is 26.4. The van der Waals surface area contributed by atoms with Crippen LogP contribution in [-0.4, -0.2) is 27.6 Å². The van der Waals surface area contributed by atoms with Gasteiger partial charge in [0.1, 0.15) is 0 Å². The number of hydrazone groups is 1. The minimum Gasteiger partial charge on any atom is -0.317 e. The summed E-state index contributed by atoms with van der Waals surface area (Å²) in [5, 5.41) is 7.99. The number of carbonyl (C=O) groups is 2. The van der Waals surface area contributed by atoms with Crippen LogP contribution in [0, 0.1) is 49.4 Å². The van der Waals surface area contributed by atoms with Crippen LogP contribution in [0.5, 0.6) is 0 Å². The molecule has 2 aromatic carbocycles. The van der Waals surface area contributed by atoms with Crippen molar-refractivity contribution in [1.29, 1.82) is 0 Å². The number of imide groups is 1. The van der Waals surface area contributed by atoms with Gasteiger partial charge in [0.2, 0.25) is 0 Å². The van der Waals surface area contributed by atoms with Crippen LogP contribution in [0.4, 0.5) is 0 Å². The molecule has 2 heterocycles. The van der Waals surface area contributed by atoms with E-state index in [0.717, 1.165) is 27.6 Å². The largest absolute Gasteiger partial charge is 0.317 e. The molecule has 0 N–H and O–H groups in total. The molecule has 2 amide bonds. The Kier molecular flexibility index (Phi) is 3.77. The predicted octanol–water partition coefficient (Wildman–Crippen LogP) is 4.63. The third kappa shape index (κ3) is 2.51. The molecule has 4 aliphatic carbocycles. The highest BCUT2D eigenvalue weighted by molar-refractivity contribution is 6.06. The van der Waals surface area contributed by atoms with Crippen molar-refractivity contribution in [3.8, 4) is 5.69 Å². The fourth-order valence-electron chi connectivity index (χ4n) is 6.87. The van der Waals surface area contributed by atoms with E-state index in [1.165, 1.54) is 17.2 Å². The van der Waals surface area contributed by atoms with Crippen molar-refractivity contribution < 1.29 is 9.59 Å². The summed E-state index contributed by atoms with van der Waals surface area (Å²) in [5.74, 6) is 0.981. The SMILES string of the molecule is Cc1cc(/C=N\N2C(=O)[C@@H]3[C@H]4C=C[C@@H]([C@@H]5C[C@@H]45)[C@H]3C2=O)c(C)n1-c1cccc2ccccc12. The van der Waals surface area contributed by atoms with E-state index >= 15 is 0 Å². The van der Waals surface area contributed by atoms with E-state index in [1.807, 2.05) is 6.07 Å². The van der Waals surface area contributed by atoms with Crippen LogP contribution in [0.2, 0.25) is 0 Å². The Morgan fingerprint density at radius 3 is 2.30 bits per heavy atom. The molecule has 5 heteroatoms. The Morgan fingerprint density at radius 2 is 1.58 bits per heavy atom. The van der Waals surface area contributed by atoms with Gasteiger partial charge in [-0.3, -0.25) is 9.59 Å². The molecule has 2 bridgehead atoms. The second kappa shape index (κ2) is 6.53. The van der Waals surface area contributed by atoms with Gasteiger partial charge in [-0.1, -0.05) is 48.6 Å². The van der Waals surface area contributed by atoms with Gasteiger partial charge < -0.3 is 4.57 Å². The van der Waals surface area contributed by atoms with Crippen LogP contribution in [0.25, 0.3) is 16.5 Å². The second-order valence-electron chi connectivity index (χ2n) is 10.0. The number of nitrogens with zero attached hydrogens (tertiary/aromatic N) is 3. The number of benzene rings is 2. The smallest absolute Gasteiger partial charge is 0.254 e. The number of hydrogen-bond donors (Lipinski definition) is 0. The lowest BCUT2D eigenvalue weighted by atomic mass is 9.63. The quantitative estimate of drug-likeness (QED) is 0.342. The van der Waals surface area contributed by atoms with E-state index in [-0.39, 0.29) is 35.5 Å². The first-order valence-corrected chi connectivity index (χ1v) is 11.8. The minimum absolute atomic E-state index is 0.117. The number of rotatable bonds is 3. The zero-order chi connectivity index (χ0) is 22.4. The molecule has 2 saturated carbocycles. The third-order valence-corrected chi connectivity index (χ3v) is 8.43. The van der Waals surface area contributed by atoms with Crippen molar-refractivity contribution in [3.05, 3.63) is 77.6 Å². The highest BCUT2D eigenvalue weighted by Gasteiger charge is 2.67. The number of hydrogen-bond acceptors (Lipinski definition) is 3. The highest BCUT2D eigenvalue weighted by Crippen LogP contribution is 2.65. The molecular weight excluding hydrogens is 410 g/mol. The van der Waals surface area contributed by atoms with Crippen molar-refractivity contribution >= 4 is 28.8 Å². The normalized spacial score (nSPS) is 31.6. The maximum atomic E-state index is 13.2. The van der Waals surface area contributed by atoms with Crippen molar-refractivity contribution in [2.24, 2.45) is 40.6 Å². The maximum absolute atomic E-state index is 13.2. The summed E-state index contributed by atoms with van der Waals surface area (Å²) < 4.78 is 2.22. The summed E-state index contributed by atoms with van der Waals surface area (Å²) in [7, 11) is 0. The van der Waals surface area contributed by atoms with Gasteiger partial charge in [-0.2, -0.15) is 10.1 Å². The lowest BCUT2D eigenvalue weighted by molar-refractivity contribution is -0.140. The molecule has 5 aliphatic rings. The standard InChI is InChI=1S/C28H25N3O2/c1-15-12-18(16(2)30(15)24-9-5-7-17-6-3-4-8-19(17)24)14-29-31-27(32)25-20-10-11-21(23-13-22(20)23)26(25)28(31)33/h3-12,14,20-23,25-26H,13H2,1-2H3/b29-14-/t20-,21-,22-,23-,25+,26+/m0/s1. The van der Waals surface area contributed by atoms with Crippen LogP contribution in [0.1, 0.15) is 23.4 Å². The van der Waals surface area contributed by atoms with Gasteiger partial charge in [-0.05, 0) is 61.5 Å². The van der Waals surface area contributed by atoms with Crippen LogP contribution in [-0.2, 0) is 9.59 Å². The first kappa shape index (κ1) is 19.0. The second-order valence-corrected chi connectivity index (χ2v) is 10.0. The fraction of sp³-hybridized carbons (Fsp3) is 0.321. The van der Waals surface area contributed by atoms with E-state index in [1.54, 1.807) is 6.21 Å². The molecule has 0 spiro atoms. The molecule has 1 aliphatic heterocycles. The first-order chi connectivity index (χ1) is 16.0. The number of aromatic nitrogens is 1. The lowest BCUT2D eigenvalue weighted by Gasteiger charge is -2.37. The number of carbonyl (C=O) groups excluding carboxylic acids is 2. The molecule has 8 rings (SSSR count). The molecular formula is C28H25N3O2. The van der Waals surface area contributed by atoms with Gasteiger partial charge in [0.05, 0.1) is 23.7 Å². The molecule has 0 radical (unpaired) electrons. The van der Waals surface area contributed by atoms with Gasteiger partial charge in [0.15, 0.2) is 0 Å². The van der Waals surface area contributed by atoms with Gasteiger partial charge in [-0.25, -0.2) is 0 Å². The van der Waals surface area contributed by atoms with Gasteiger partial charge in [0, 0.05) is 22.3 Å². The number of allylic oxidation sites excluding steroid dienone is 2. The zero-order valence-electron chi connectivity index (χ0n) is 18.7. The summed E-state index contributed by atoms with van der Waals surface area (Å²) in [6.07, 6.45) is 7.23. The van der Waals surface area contributed by atoms with E-state index in [2.05, 4.69) is 78.1 Å². The molecule has 6 atom stereocenters. The van der Waals surface area contributed by atoms with E-state index in [9.17, 15) is 9.59 Å². The molecule has 164 valence electrons. The lowest BCUT2D eigenvalue weighted by Crippen LogP contribution is -2.40. The molecule has 0 unspecified atom stereocenters. The highest BCUT2D eigenvalue weighted by atomic mass is 16.2. The Balaban J connectivity index is 1.23. The van der Waals surface area contributed by atoms with Crippen LogP contribution in [0.15, 0.2) is 65.8 Å². The first-order valence-electron chi connectivity index (χ1n) is 11.8. The van der Waals surface area contributed by atoms with Gasteiger partial charge in [0.25, 0.3) is 11.8 Å². The molecule has 5 nitrogen and oxygen atoms in total. The van der Waals surface area contributed by atoms with Gasteiger partial charge >= 0.3 is 0 Å². The minimum atomic E-state index is -0.212. The molecule has 33 heavy (non-hydrogen) atoms. The van der Waals surface area contributed by atoms with Crippen molar-refractivity contribution in [3.63, 3.8) is 0 Å². The zero-order valence-corrected chi connectivity index (χ0v) is 18.7. The van der Waals surface area contributed by atoms with E-state index in [0.29, 0.717) is 11.8 Å². The van der Waals surface area contributed by atoms with Crippen molar-refractivity contribution in [2.75, 3.05) is 0 Å². The Labute approximate surface area is 192 Å². The summed E-state index contributed by atoms with van der Waals surface area (Å²) in [6.45, 7) is 4.13. The van der Waals surface area contributed by atoms with Crippen molar-refractivity contribution in [1.82, 2.24) is 9.58 Å². The summed E-state index contributed by atoms with van der Waals surface area (Å²) in [6, 6.07) is 16.7. The molecule has 1 aromatic heterocycles. The maximum Gasteiger partial charge on any atom is 0.254 e. The number of fused-ring (bicyclic) bond motifs is 1. The fourth-order valence-corrected chi connectivity index (χ4v) is 6.87. The summed E-state index contributed by atoms with van der Waals surface area (Å²) in [5.41, 5.74) is 4.15.